The van der Waals surface area contributed by atoms with Crippen molar-refractivity contribution in [3.05, 3.63) is 89.0 Å². The van der Waals surface area contributed by atoms with Gasteiger partial charge in [0.2, 0.25) is 0 Å². The number of benzene rings is 3. The van der Waals surface area contributed by atoms with Gasteiger partial charge in [-0.1, -0.05) is 42.5 Å². The highest BCUT2D eigenvalue weighted by atomic mass is 32.3. The molecule has 45 heavy (non-hydrogen) atoms. The van der Waals surface area contributed by atoms with Gasteiger partial charge in [0.15, 0.2) is 0 Å². The smallest absolute Gasteiger partial charge is 0.251 e. The molecule has 0 saturated carbocycles. The van der Waals surface area contributed by atoms with E-state index in [2.05, 4.69) is 41.9 Å². The Balaban J connectivity index is 1.30. The van der Waals surface area contributed by atoms with Crippen LogP contribution in [0.1, 0.15) is 67.1 Å². The summed E-state index contributed by atoms with van der Waals surface area (Å²) in [7, 11) is -2.95. The van der Waals surface area contributed by atoms with Gasteiger partial charge >= 0.3 is 0 Å². The van der Waals surface area contributed by atoms with Crippen molar-refractivity contribution in [3.8, 4) is 5.75 Å². The predicted octanol–water partition coefficient (Wildman–Crippen LogP) is 5.98. The molecule has 1 fully saturated rings. The van der Waals surface area contributed by atoms with Gasteiger partial charge in [0, 0.05) is 37.4 Å². The molecule has 1 saturated heterocycles. The number of aliphatic hydroxyl groups is 1. The van der Waals surface area contributed by atoms with Crippen LogP contribution >= 0.6 is 10.8 Å². The number of amides is 1. The van der Waals surface area contributed by atoms with Crippen LogP contribution in [0.4, 0.5) is 11.4 Å². The van der Waals surface area contributed by atoms with Gasteiger partial charge in [-0.2, -0.15) is 0 Å². The number of ether oxygens (including phenoxy) is 1. The molecule has 3 aromatic carbocycles. The Kier molecular flexibility index (Phi) is 10.6. The van der Waals surface area contributed by atoms with Crippen LogP contribution in [0.5, 0.6) is 5.75 Å². The molecule has 5 rings (SSSR count). The molecule has 2 aliphatic rings. The third kappa shape index (κ3) is 8.71. The van der Waals surface area contributed by atoms with Crippen molar-refractivity contribution < 1.29 is 23.7 Å². The van der Waals surface area contributed by atoms with Crippen LogP contribution in [-0.4, -0.2) is 63.3 Å². The van der Waals surface area contributed by atoms with Crippen molar-refractivity contribution in [2.45, 2.75) is 77.2 Å². The molecule has 2 aliphatic heterocycles. The predicted molar refractivity (Wildman–Crippen MR) is 183 cm³/mol. The highest BCUT2D eigenvalue weighted by Gasteiger charge is 2.29. The number of carbonyl (C=O) groups excluding carboxylic acids is 1. The fraction of sp³-hybridized carbons (Fsp3) is 0.457. The molecule has 0 radical (unpaired) electrons. The number of aryl methyl sites for hydroxylation is 1. The molecule has 1 amide bonds. The summed E-state index contributed by atoms with van der Waals surface area (Å²) in [5, 5.41) is 21.1. The van der Waals surface area contributed by atoms with Crippen LogP contribution in [0.25, 0.3) is 0 Å². The Morgan fingerprint density at radius 1 is 1.04 bits per heavy atom. The second-order valence-electron chi connectivity index (χ2n) is 12.7. The van der Waals surface area contributed by atoms with Gasteiger partial charge in [-0.3, -0.25) is 18.2 Å². The van der Waals surface area contributed by atoms with E-state index < -0.39 is 22.9 Å². The maximum Gasteiger partial charge on any atom is 0.251 e. The number of nitrogens with one attached hydrogen (secondary N) is 3. The van der Waals surface area contributed by atoms with Crippen LogP contribution in [0, 0.1) is 0 Å². The van der Waals surface area contributed by atoms with E-state index in [9.17, 15) is 19.0 Å². The molecule has 0 bridgehead atoms. The molecule has 9 nitrogen and oxygen atoms in total. The number of fused-ring (bicyclic) bond motifs is 1. The van der Waals surface area contributed by atoms with Gasteiger partial charge in [-0.05, 0) is 93.8 Å². The molecule has 0 aliphatic carbocycles. The Morgan fingerprint density at radius 3 is 2.60 bits per heavy atom. The molecule has 244 valence electrons. The number of rotatable bonds is 12. The minimum Gasteiger partial charge on any atom is -0.488 e. The maximum atomic E-state index is 13.8. The summed E-state index contributed by atoms with van der Waals surface area (Å²) in [5.74, 6) is 0.921. The normalized spacial score (nSPS) is 19.0. The summed E-state index contributed by atoms with van der Waals surface area (Å²) < 4.78 is 29.3. The summed E-state index contributed by atoms with van der Waals surface area (Å²) in [6.07, 6.45) is 3.13. The Hall–Kier alpha value is -3.28. The lowest BCUT2D eigenvalue weighted by Gasteiger charge is -2.47. The number of aliphatic hydroxyl groups excluding tert-OH is 1. The third-order valence-corrected chi connectivity index (χ3v) is 10.4. The second kappa shape index (κ2) is 14.4. The van der Waals surface area contributed by atoms with E-state index in [0.717, 1.165) is 48.2 Å². The lowest BCUT2D eigenvalue weighted by molar-refractivity contribution is 0.0830. The van der Waals surface area contributed by atoms with Crippen molar-refractivity contribution in [2.75, 3.05) is 35.0 Å². The zero-order valence-corrected chi connectivity index (χ0v) is 27.4. The van der Waals surface area contributed by atoms with Crippen molar-refractivity contribution in [1.82, 2.24) is 10.6 Å². The minimum absolute atomic E-state index is 0.151. The van der Waals surface area contributed by atoms with Crippen LogP contribution in [0.15, 0.2) is 66.7 Å². The van der Waals surface area contributed by atoms with E-state index in [-0.39, 0.29) is 18.1 Å². The molecule has 2 heterocycles. The molecule has 0 spiro atoms. The zero-order chi connectivity index (χ0) is 32.0. The molecular weight excluding hydrogens is 588 g/mol. The zero-order valence-electron chi connectivity index (χ0n) is 26.6. The summed E-state index contributed by atoms with van der Waals surface area (Å²) in [6.45, 7) is 8.22. The fourth-order valence-corrected chi connectivity index (χ4v) is 7.71. The molecule has 10 heteroatoms. The van der Waals surface area contributed by atoms with Gasteiger partial charge < -0.3 is 25.8 Å². The molecule has 2 atom stereocenters. The van der Waals surface area contributed by atoms with Gasteiger partial charge in [-0.15, -0.1) is 10.8 Å². The lowest BCUT2D eigenvalue weighted by Crippen LogP contribution is -2.48. The maximum absolute atomic E-state index is 13.8. The third-order valence-electron chi connectivity index (χ3n) is 8.50. The minimum atomic E-state index is -2.95. The Bertz CT molecular complexity index is 1450. The summed E-state index contributed by atoms with van der Waals surface area (Å²) >= 11 is 0. The first-order chi connectivity index (χ1) is 21.5. The quantitative estimate of drug-likeness (QED) is 0.143. The Morgan fingerprint density at radius 2 is 1.84 bits per heavy atom. The van der Waals surface area contributed by atoms with E-state index in [0.29, 0.717) is 43.1 Å². The van der Waals surface area contributed by atoms with Crippen molar-refractivity contribution in [3.63, 3.8) is 0 Å². The van der Waals surface area contributed by atoms with Crippen LogP contribution in [0.2, 0.25) is 0 Å². The van der Waals surface area contributed by atoms with Crippen molar-refractivity contribution >= 4 is 28.1 Å². The fourth-order valence-electron chi connectivity index (χ4n) is 6.03. The monoisotopic (exact) mass is 636 g/mol. The van der Waals surface area contributed by atoms with E-state index >= 15 is 0 Å². The van der Waals surface area contributed by atoms with Crippen molar-refractivity contribution in [1.29, 1.82) is 0 Å². The summed E-state index contributed by atoms with van der Waals surface area (Å²) in [6, 6.07) is 20.8. The number of hydrogen-bond acceptors (Lipinski definition) is 8. The summed E-state index contributed by atoms with van der Waals surface area (Å²) in [4.78, 5) is 13.8. The highest BCUT2D eigenvalue weighted by molar-refractivity contribution is 8.25. The average Bonchev–Trinajstić information content (AvgIpc) is 3.00. The number of anilines is 2. The SMILES string of the molecule is CCNc1cc(C(=O)N[C@@H](Cc2ccccc2)[C@H](O)CNCc2ccc3c(c2)CCC(C)(C)O3)cc(N2CCCCS2(O)O)c1. The van der Waals surface area contributed by atoms with Gasteiger partial charge in [-0.25, -0.2) is 0 Å². The standard InChI is InChI=1S/C35H48N4O5S/c1-4-37-29-20-28(21-30(22-29)39-16-8-9-17-45(39,42)43)34(41)38-31(19-25-10-6-5-7-11-25)32(40)24-36-23-26-12-13-33-27(18-26)14-15-35(2,3)44-33/h5-7,10-13,18,20-22,31-32,36-37,40,42-43H,4,8-9,14-17,19,23-24H2,1-3H3,(H,38,41)/t31-,32+/m0/s1. The molecule has 3 aromatic rings. The van der Waals surface area contributed by atoms with E-state index in [1.165, 1.54) is 5.56 Å². The first-order valence-corrected chi connectivity index (χ1v) is 17.7. The molecule has 6 N–H and O–H groups in total. The summed E-state index contributed by atoms with van der Waals surface area (Å²) in [5.41, 5.74) is 4.88. The number of nitrogens with zero attached hydrogens (tertiary/aromatic N) is 1. The van der Waals surface area contributed by atoms with Crippen LogP contribution in [-0.2, 0) is 19.4 Å². The Labute approximate surface area is 268 Å². The largest absolute Gasteiger partial charge is 0.488 e. The highest BCUT2D eigenvalue weighted by Crippen LogP contribution is 2.50. The van der Waals surface area contributed by atoms with Gasteiger partial charge in [0.25, 0.3) is 5.91 Å². The van der Waals surface area contributed by atoms with Crippen LogP contribution < -0.4 is 25.0 Å². The van der Waals surface area contributed by atoms with Gasteiger partial charge in [0.05, 0.1) is 23.6 Å². The topological polar surface area (TPSA) is 126 Å². The van der Waals surface area contributed by atoms with Crippen LogP contribution in [0.3, 0.4) is 0 Å². The molecular formula is C35H48N4O5S. The number of carbonyl (C=O) groups is 1. The number of hydrogen-bond donors (Lipinski definition) is 6. The first-order valence-electron chi connectivity index (χ1n) is 16.0. The van der Waals surface area contributed by atoms with E-state index in [4.69, 9.17) is 4.74 Å². The van der Waals surface area contributed by atoms with Crippen molar-refractivity contribution in [2.24, 2.45) is 0 Å². The first kappa shape index (κ1) is 33.1. The van der Waals surface area contributed by atoms with Gasteiger partial charge in [0.1, 0.15) is 11.4 Å². The second-order valence-corrected chi connectivity index (χ2v) is 14.8. The van der Waals surface area contributed by atoms with E-state index in [1.54, 1.807) is 16.4 Å². The molecule has 0 unspecified atom stereocenters. The lowest BCUT2D eigenvalue weighted by atomic mass is 9.93. The molecule has 0 aromatic heterocycles. The average molecular weight is 637 g/mol. The van der Waals surface area contributed by atoms with E-state index in [1.807, 2.05) is 49.4 Å².